The molecule has 2 saturated heterocycles. The second-order valence-electron chi connectivity index (χ2n) is 7.80. The van der Waals surface area contributed by atoms with E-state index in [0.29, 0.717) is 5.56 Å². The van der Waals surface area contributed by atoms with Crippen LogP contribution in [0, 0.1) is 17.2 Å². The zero-order chi connectivity index (χ0) is 19.3. The van der Waals surface area contributed by atoms with E-state index in [1.54, 1.807) is 11.8 Å². The second kappa shape index (κ2) is 8.97. The summed E-state index contributed by atoms with van der Waals surface area (Å²) in [6.07, 6.45) is 4.89. The topological polar surface area (TPSA) is 67.0 Å². The maximum absolute atomic E-state index is 9.11. The molecule has 0 radical (unpaired) electrons. The quantitative estimate of drug-likeness (QED) is 0.690. The van der Waals surface area contributed by atoms with Crippen LogP contribution in [0.4, 0.5) is 5.95 Å². The van der Waals surface area contributed by atoms with Gasteiger partial charge in [0.15, 0.2) is 5.16 Å². The van der Waals surface area contributed by atoms with Gasteiger partial charge in [-0.3, -0.25) is 4.57 Å². The minimum absolute atomic E-state index is 0.250. The fraction of sp³-hybridized carbons (Fsp3) is 0.571. The van der Waals surface area contributed by atoms with E-state index in [9.17, 15) is 0 Å². The highest BCUT2D eigenvalue weighted by atomic mass is 32.2. The summed E-state index contributed by atoms with van der Waals surface area (Å²) >= 11 is 1.69. The van der Waals surface area contributed by atoms with Crippen molar-refractivity contribution in [2.24, 2.45) is 5.92 Å². The molecule has 2 aliphatic rings. The minimum atomic E-state index is 0.250. The number of piperidine rings is 1. The van der Waals surface area contributed by atoms with Gasteiger partial charge in [-0.25, -0.2) is 0 Å². The molecule has 1 unspecified atom stereocenters. The summed E-state index contributed by atoms with van der Waals surface area (Å²) in [6, 6.07) is 9.99. The summed E-state index contributed by atoms with van der Waals surface area (Å²) in [5.41, 5.74) is 1.83. The first-order chi connectivity index (χ1) is 13.7. The summed E-state index contributed by atoms with van der Waals surface area (Å²) < 4.78 is 8.15. The molecule has 0 spiro atoms. The summed E-state index contributed by atoms with van der Waals surface area (Å²) in [5, 5.41) is 19.1. The standard InChI is InChI=1S/C21H27N5OS/c1-16-7-9-25(10-8-16)20-23-24-21(26(20)14-19-6-3-11-27-19)28-15-18-5-2-4-17(12-18)13-22/h2,4-5,12,16,19H,3,6-11,14-15H2,1H3. The van der Waals surface area contributed by atoms with Crippen molar-refractivity contribution in [3.8, 4) is 6.07 Å². The molecule has 7 heteroatoms. The number of rotatable bonds is 6. The van der Waals surface area contributed by atoms with E-state index in [0.717, 1.165) is 67.4 Å². The van der Waals surface area contributed by atoms with Crippen molar-refractivity contribution in [1.82, 2.24) is 14.8 Å². The molecule has 2 aromatic rings. The van der Waals surface area contributed by atoms with E-state index >= 15 is 0 Å². The van der Waals surface area contributed by atoms with Gasteiger partial charge >= 0.3 is 0 Å². The van der Waals surface area contributed by atoms with Gasteiger partial charge in [0.05, 0.1) is 24.3 Å². The van der Waals surface area contributed by atoms with E-state index in [-0.39, 0.29) is 6.10 Å². The molecule has 3 heterocycles. The third kappa shape index (κ3) is 4.50. The second-order valence-corrected chi connectivity index (χ2v) is 8.74. The van der Waals surface area contributed by atoms with E-state index in [4.69, 9.17) is 10.00 Å². The third-order valence-electron chi connectivity index (χ3n) is 5.60. The molecule has 4 rings (SSSR count). The molecule has 0 amide bonds. The largest absolute Gasteiger partial charge is 0.376 e. The maximum atomic E-state index is 9.11. The lowest BCUT2D eigenvalue weighted by atomic mass is 10.00. The first-order valence-electron chi connectivity index (χ1n) is 10.1. The third-order valence-corrected chi connectivity index (χ3v) is 6.64. The average molecular weight is 398 g/mol. The SMILES string of the molecule is CC1CCN(c2nnc(SCc3cccc(C#N)c3)n2CC2CCCO2)CC1. The highest BCUT2D eigenvalue weighted by Gasteiger charge is 2.25. The van der Waals surface area contributed by atoms with Crippen LogP contribution in [-0.4, -0.2) is 40.6 Å². The molecule has 1 aromatic heterocycles. The lowest BCUT2D eigenvalue weighted by Crippen LogP contribution is -2.35. The predicted molar refractivity (Wildman–Crippen MR) is 110 cm³/mol. The normalized spacial score (nSPS) is 20.4. The van der Waals surface area contributed by atoms with Crippen molar-refractivity contribution < 1.29 is 4.74 Å². The maximum Gasteiger partial charge on any atom is 0.228 e. The molecule has 148 valence electrons. The van der Waals surface area contributed by atoms with Crippen LogP contribution in [0.25, 0.3) is 0 Å². The molecular weight excluding hydrogens is 370 g/mol. The Labute approximate surface area is 170 Å². The first kappa shape index (κ1) is 19.3. The van der Waals surface area contributed by atoms with Crippen molar-refractivity contribution in [3.05, 3.63) is 35.4 Å². The Hall–Kier alpha value is -2.04. The van der Waals surface area contributed by atoms with Gasteiger partial charge in [-0.15, -0.1) is 10.2 Å². The van der Waals surface area contributed by atoms with Crippen LogP contribution < -0.4 is 4.90 Å². The smallest absolute Gasteiger partial charge is 0.228 e. The van der Waals surface area contributed by atoms with E-state index in [1.165, 1.54) is 12.8 Å². The Kier molecular flexibility index (Phi) is 6.18. The Morgan fingerprint density at radius 3 is 2.86 bits per heavy atom. The number of thioether (sulfide) groups is 1. The van der Waals surface area contributed by atoms with Gasteiger partial charge in [0.2, 0.25) is 5.95 Å². The zero-order valence-corrected chi connectivity index (χ0v) is 17.2. The molecule has 0 bridgehead atoms. The molecule has 0 aliphatic carbocycles. The van der Waals surface area contributed by atoms with E-state index in [2.05, 4.69) is 38.7 Å². The van der Waals surface area contributed by atoms with Crippen molar-refractivity contribution >= 4 is 17.7 Å². The number of nitrogens with zero attached hydrogens (tertiary/aromatic N) is 5. The summed E-state index contributed by atoms with van der Waals surface area (Å²) in [7, 11) is 0. The van der Waals surface area contributed by atoms with Crippen LogP contribution in [0.5, 0.6) is 0 Å². The van der Waals surface area contributed by atoms with Gasteiger partial charge in [0, 0.05) is 25.4 Å². The fourth-order valence-corrected chi connectivity index (χ4v) is 4.75. The number of nitriles is 1. The van der Waals surface area contributed by atoms with Crippen molar-refractivity contribution in [2.75, 3.05) is 24.6 Å². The van der Waals surface area contributed by atoms with E-state index < -0.39 is 0 Å². The summed E-state index contributed by atoms with van der Waals surface area (Å²) in [5.74, 6) is 2.54. The van der Waals surface area contributed by atoms with Crippen LogP contribution in [0.15, 0.2) is 29.4 Å². The van der Waals surface area contributed by atoms with Crippen LogP contribution in [0.3, 0.4) is 0 Å². The van der Waals surface area contributed by atoms with Gasteiger partial charge in [-0.05, 0) is 49.3 Å². The van der Waals surface area contributed by atoms with Gasteiger partial charge in [-0.2, -0.15) is 5.26 Å². The van der Waals surface area contributed by atoms with Crippen molar-refractivity contribution in [1.29, 1.82) is 5.26 Å². The highest BCUT2D eigenvalue weighted by molar-refractivity contribution is 7.98. The van der Waals surface area contributed by atoms with Crippen LogP contribution in [-0.2, 0) is 17.0 Å². The number of anilines is 1. The van der Waals surface area contributed by atoms with Gasteiger partial charge in [-0.1, -0.05) is 30.8 Å². The van der Waals surface area contributed by atoms with Gasteiger partial charge in [0.25, 0.3) is 0 Å². The lowest BCUT2D eigenvalue weighted by molar-refractivity contribution is 0.0951. The predicted octanol–water partition coefficient (Wildman–Crippen LogP) is 3.86. The Morgan fingerprint density at radius 1 is 1.25 bits per heavy atom. The fourth-order valence-electron chi connectivity index (χ4n) is 3.86. The molecule has 2 fully saturated rings. The van der Waals surface area contributed by atoms with Gasteiger partial charge < -0.3 is 9.64 Å². The zero-order valence-electron chi connectivity index (χ0n) is 16.4. The highest BCUT2D eigenvalue weighted by Crippen LogP contribution is 2.29. The van der Waals surface area contributed by atoms with Crippen molar-refractivity contribution in [3.63, 3.8) is 0 Å². The van der Waals surface area contributed by atoms with Crippen molar-refractivity contribution in [2.45, 2.75) is 56.2 Å². The Morgan fingerprint density at radius 2 is 2.11 bits per heavy atom. The number of benzene rings is 1. The van der Waals surface area contributed by atoms with Crippen LogP contribution in [0.2, 0.25) is 0 Å². The molecule has 1 atom stereocenters. The molecule has 28 heavy (non-hydrogen) atoms. The average Bonchev–Trinajstić information content (AvgIpc) is 3.38. The molecule has 1 aromatic carbocycles. The summed E-state index contributed by atoms with van der Waals surface area (Å²) in [4.78, 5) is 2.38. The lowest BCUT2D eigenvalue weighted by Gasteiger charge is -2.31. The number of hydrogen-bond acceptors (Lipinski definition) is 6. The van der Waals surface area contributed by atoms with Crippen LogP contribution >= 0.6 is 11.8 Å². The van der Waals surface area contributed by atoms with E-state index in [1.807, 2.05) is 18.2 Å². The number of aromatic nitrogens is 3. The minimum Gasteiger partial charge on any atom is -0.376 e. The Balaban J connectivity index is 1.52. The Bertz CT molecular complexity index is 832. The van der Waals surface area contributed by atoms with Gasteiger partial charge in [0.1, 0.15) is 0 Å². The monoisotopic (exact) mass is 397 g/mol. The molecule has 0 saturated carbocycles. The molecule has 2 aliphatic heterocycles. The first-order valence-corrected chi connectivity index (χ1v) is 11.1. The number of hydrogen-bond donors (Lipinski definition) is 0. The number of ether oxygens (including phenoxy) is 1. The van der Waals surface area contributed by atoms with Crippen LogP contribution in [0.1, 0.15) is 43.7 Å². The molecule has 0 N–H and O–H groups in total. The molecular formula is C21H27N5OS. The molecule has 6 nitrogen and oxygen atoms in total. The summed E-state index contributed by atoms with van der Waals surface area (Å²) in [6.45, 7) is 6.08.